The highest BCUT2D eigenvalue weighted by Crippen LogP contribution is 2.29. The number of nitrogens with zero attached hydrogens (tertiary/aromatic N) is 7. The Balaban J connectivity index is 1.09. The van der Waals surface area contributed by atoms with E-state index in [1.807, 2.05) is 12.1 Å². The number of ether oxygens (including phenoxy) is 2. The van der Waals surface area contributed by atoms with Crippen molar-refractivity contribution in [3.63, 3.8) is 0 Å². The predicted molar refractivity (Wildman–Crippen MR) is 150 cm³/mol. The van der Waals surface area contributed by atoms with Crippen LogP contribution < -0.4 is 15.0 Å². The summed E-state index contributed by atoms with van der Waals surface area (Å²) in [6, 6.07) is 15.9. The van der Waals surface area contributed by atoms with Crippen LogP contribution in [0.1, 0.15) is 12.0 Å². The van der Waals surface area contributed by atoms with Gasteiger partial charge in [0.25, 0.3) is 0 Å². The van der Waals surface area contributed by atoms with Crippen molar-refractivity contribution in [1.82, 2.24) is 24.8 Å². The number of rotatable bonds is 8. The third-order valence-electron chi connectivity index (χ3n) is 7.81. The molecule has 3 saturated heterocycles. The molecule has 11 nitrogen and oxygen atoms in total. The number of alkyl halides is 1. The minimum Gasteiger partial charge on any atom is -0.486 e. The maximum Gasteiger partial charge on any atom is 0.230 e. The molecule has 2 aromatic carbocycles. The van der Waals surface area contributed by atoms with Crippen molar-refractivity contribution in [1.29, 1.82) is 5.26 Å². The highest BCUT2D eigenvalue weighted by molar-refractivity contribution is 5.64. The monoisotopic (exact) mass is 558 g/mol. The number of anilines is 3. The van der Waals surface area contributed by atoms with E-state index in [1.165, 1.54) is 16.9 Å². The molecular formula is C29H31FN8O3. The van der Waals surface area contributed by atoms with E-state index >= 15 is 0 Å². The lowest BCUT2D eigenvalue weighted by molar-refractivity contribution is -0.121. The van der Waals surface area contributed by atoms with Crippen LogP contribution in [-0.4, -0.2) is 102 Å². The Bertz CT molecular complexity index is 1410. The summed E-state index contributed by atoms with van der Waals surface area (Å²) in [5.74, 6) is 1.05. The number of hydrogen-bond acceptors (Lipinski definition) is 10. The van der Waals surface area contributed by atoms with Gasteiger partial charge in [-0.05, 0) is 42.5 Å². The number of aromatic nitrogens is 3. The molecule has 3 aliphatic rings. The zero-order valence-corrected chi connectivity index (χ0v) is 22.5. The average molecular weight is 559 g/mol. The van der Waals surface area contributed by atoms with Gasteiger partial charge in [0.2, 0.25) is 12.4 Å². The van der Waals surface area contributed by atoms with Crippen LogP contribution in [0.5, 0.6) is 5.75 Å². The lowest BCUT2D eigenvalue weighted by Gasteiger charge is -2.43. The molecule has 0 unspecified atom stereocenters. The molecule has 212 valence electrons. The van der Waals surface area contributed by atoms with Gasteiger partial charge < -0.3 is 24.6 Å². The maximum absolute atomic E-state index is 14.5. The predicted octanol–water partition coefficient (Wildman–Crippen LogP) is 2.62. The number of benzene rings is 2. The van der Waals surface area contributed by atoms with E-state index in [9.17, 15) is 14.4 Å². The van der Waals surface area contributed by atoms with Crippen molar-refractivity contribution in [2.24, 2.45) is 0 Å². The van der Waals surface area contributed by atoms with Crippen LogP contribution in [0.25, 0.3) is 11.4 Å². The van der Waals surface area contributed by atoms with Crippen molar-refractivity contribution in [3.05, 3.63) is 54.4 Å². The molecule has 12 heteroatoms. The van der Waals surface area contributed by atoms with E-state index in [4.69, 9.17) is 9.47 Å². The highest BCUT2D eigenvalue weighted by atomic mass is 19.1. The van der Waals surface area contributed by atoms with Crippen LogP contribution in [0, 0.1) is 11.3 Å². The van der Waals surface area contributed by atoms with Gasteiger partial charge in [0, 0.05) is 56.1 Å². The number of carbonyl (C=O) groups excluding carboxylic acids is 1. The maximum atomic E-state index is 14.5. The van der Waals surface area contributed by atoms with Gasteiger partial charge in [0.1, 0.15) is 24.3 Å². The summed E-state index contributed by atoms with van der Waals surface area (Å²) < 4.78 is 25.7. The molecule has 3 fully saturated rings. The summed E-state index contributed by atoms with van der Waals surface area (Å²) in [5, 5.41) is 13.0. The zero-order valence-electron chi connectivity index (χ0n) is 22.5. The van der Waals surface area contributed by atoms with Crippen LogP contribution in [-0.2, 0) is 9.53 Å². The van der Waals surface area contributed by atoms with Crippen LogP contribution >= 0.6 is 0 Å². The van der Waals surface area contributed by atoms with E-state index in [0.717, 1.165) is 45.1 Å². The van der Waals surface area contributed by atoms with Gasteiger partial charge >= 0.3 is 0 Å². The first-order valence-electron chi connectivity index (χ1n) is 13.8. The minimum absolute atomic E-state index is 0.0228. The van der Waals surface area contributed by atoms with Crippen molar-refractivity contribution in [3.8, 4) is 23.2 Å². The molecule has 0 saturated carbocycles. The average Bonchev–Trinajstić information content (AvgIpc) is 2.98. The van der Waals surface area contributed by atoms with Gasteiger partial charge in [0.05, 0.1) is 31.4 Å². The first kappa shape index (κ1) is 26.9. The summed E-state index contributed by atoms with van der Waals surface area (Å²) in [4.78, 5) is 30.3. The number of nitrogens with one attached hydrogen (secondary N) is 1. The van der Waals surface area contributed by atoms with Gasteiger partial charge in [-0.15, -0.1) is 0 Å². The summed E-state index contributed by atoms with van der Waals surface area (Å²) in [5.41, 5.74) is 2.88. The van der Waals surface area contributed by atoms with Crippen molar-refractivity contribution in [2.45, 2.75) is 24.7 Å². The van der Waals surface area contributed by atoms with Crippen LogP contribution in [0.4, 0.5) is 21.7 Å². The number of hydrogen-bond donors (Lipinski definition) is 1. The summed E-state index contributed by atoms with van der Waals surface area (Å²) in [6.45, 7) is 6.14. The summed E-state index contributed by atoms with van der Waals surface area (Å²) in [7, 11) is 0. The molecule has 1 aromatic heterocycles. The fraction of sp³-hybridized carbons (Fsp3) is 0.414. The number of piperazine rings is 1. The summed E-state index contributed by atoms with van der Waals surface area (Å²) in [6.07, 6.45) is 0.347. The standard InChI is InChI=1S/C29H31FN8O3/c30-25-15-36(19-39)8-7-27(25)41-26-6-1-20(13-21(26)14-31)28-32-18-33-29(35-28)34-22-2-4-23(5-3-22)37-9-11-38(12-10-37)24-16-40-17-24/h1-6,13,18-19,24-25,27H,7-12,15-17H2,(H,32,33,34,35)/t25-,27+/m1/s1. The van der Waals surface area contributed by atoms with Gasteiger partial charge in [-0.25, -0.2) is 14.4 Å². The lowest BCUT2D eigenvalue weighted by atomic mass is 10.1. The Labute approximate surface area is 237 Å². The first-order valence-corrected chi connectivity index (χ1v) is 13.8. The summed E-state index contributed by atoms with van der Waals surface area (Å²) >= 11 is 0. The molecule has 3 aliphatic heterocycles. The van der Waals surface area contributed by atoms with E-state index in [2.05, 4.69) is 48.3 Å². The van der Waals surface area contributed by atoms with E-state index in [1.54, 1.807) is 18.2 Å². The molecular weight excluding hydrogens is 527 g/mol. The lowest BCUT2D eigenvalue weighted by Crippen LogP contribution is -2.56. The smallest absolute Gasteiger partial charge is 0.230 e. The second-order valence-electron chi connectivity index (χ2n) is 10.4. The Morgan fingerprint density at radius 1 is 1.07 bits per heavy atom. The third-order valence-corrected chi connectivity index (χ3v) is 7.81. The topological polar surface area (TPSA) is 120 Å². The molecule has 0 radical (unpaired) electrons. The van der Waals surface area contributed by atoms with Gasteiger partial charge in [-0.1, -0.05) is 0 Å². The van der Waals surface area contributed by atoms with Gasteiger partial charge in [0.15, 0.2) is 12.0 Å². The van der Waals surface area contributed by atoms with Crippen molar-refractivity contribution < 1.29 is 18.7 Å². The fourth-order valence-electron chi connectivity index (χ4n) is 5.32. The molecule has 0 spiro atoms. The number of piperidine rings is 1. The molecule has 0 aliphatic carbocycles. The molecule has 4 heterocycles. The Morgan fingerprint density at radius 3 is 2.56 bits per heavy atom. The van der Waals surface area contributed by atoms with E-state index in [0.29, 0.717) is 42.8 Å². The Morgan fingerprint density at radius 2 is 1.88 bits per heavy atom. The van der Waals surface area contributed by atoms with Crippen LogP contribution in [0.15, 0.2) is 48.8 Å². The Kier molecular flexibility index (Phi) is 7.89. The van der Waals surface area contributed by atoms with Crippen molar-refractivity contribution in [2.75, 3.05) is 62.7 Å². The Hall–Kier alpha value is -4.34. The SMILES string of the molecule is N#Cc1cc(-c2ncnc(Nc3ccc(N4CCN(C5COC5)CC4)cc3)n2)ccc1O[C@H]1CCN(C=O)C[C@H]1F. The van der Waals surface area contributed by atoms with Crippen LogP contribution in [0.2, 0.25) is 0 Å². The van der Waals surface area contributed by atoms with E-state index < -0.39 is 12.3 Å². The number of carbonyl (C=O) groups is 1. The highest BCUT2D eigenvalue weighted by Gasteiger charge is 2.31. The van der Waals surface area contributed by atoms with Crippen molar-refractivity contribution >= 4 is 23.7 Å². The molecule has 3 aromatic rings. The molecule has 1 N–H and O–H groups in total. The van der Waals surface area contributed by atoms with Gasteiger partial charge in [-0.2, -0.15) is 10.2 Å². The molecule has 2 atom stereocenters. The molecule has 6 rings (SSSR count). The zero-order chi connectivity index (χ0) is 28.2. The number of likely N-dealkylation sites (tertiary alicyclic amines) is 1. The van der Waals surface area contributed by atoms with Crippen LogP contribution in [0.3, 0.4) is 0 Å². The number of amides is 1. The number of halogens is 1. The minimum atomic E-state index is -1.33. The van der Waals surface area contributed by atoms with E-state index in [-0.39, 0.29) is 17.9 Å². The largest absolute Gasteiger partial charge is 0.486 e. The fourth-order valence-corrected chi connectivity index (χ4v) is 5.32. The second kappa shape index (κ2) is 12.0. The molecule has 0 bridgehead atoms. The molecule has 1 amide bonds. The normalized spacial score (nSPS) is 21.6. The molecule has 41 heavy (non-hydrogen) atoms. The van der Waals surface area contributed by atoms with Gasteiger partial charge in [-0.3, -0.25) is 9.69 Å². The third kappa shape index (κ3) is 6.06. The first-order chi connectivity index (χ1) is 20.1. The quantitative estimate of drug-likeness (QED) is 0.413. The second-order valence-corrected chi connectivity index (χ2v) is 10.4. The number of nitriles is 1.